The normalized spacial score (nSPS) is 14.7. The van der Waals surface area contributed by atoms with E-state index in [1.807, 2.05) is 0 Å². The van der Waals surface area contributed by atoms with Gasteiger partial charge in [0.15, 0.2) is 17.5 Å². The Labute approximate surface area is 220 Å². The molecule has 1 aliphatic rings. The minimum absolute atomic E-state index is 0.0800. The number of carbonyl (C=O) groups is 1. The van der Waals surface area contributed by atoms with Crippen LogP contribution in [0.4, 0.5) is 14.6 Å². The minimum Gasteiger partial charge on any atom is -0.508 e. The van der Waals surface area contributed by atoms with E-state index < -0.39 is 12.0 Å². The van der Waals surface area contributed by atoms with Gasteiger partial charge in [-0.1, -0.05) is 23.4 Å². The predicted molar refractivity (Wildman–Crippen MR) is 133 cm³/mol. The first-order chi connectivity index (χ1) is 19.0. The van der Waals surface area contributed by atoms with E-state index in [0.717, 1.165) is 11.8 Å². The molecule has 0 radical (unpaired) electrons. The van der Waals surface area contributed by atoms with Crippen LogP contribution in [0.3, 0.4) is 0 Å². The van der Waals surface area contributed by atoms with Crippen LogP contribution in [-0.2, 0) is 22.5 Å². The Hall–Kier alpha value is -5.13. The first-order valence-corrected chi connectivity index (χ1v) is 11.9. The third-order valence-electron chi connectivity index (χ3n) is 6.47. The van der Waals surface area contributed by atoms with Crippen molar-refractivity contribution in [3.8, 4) is 28.7 Å². The quantitative estimate of drug-likeness (QED) is 0.308. The number of carbonyl (C=O) groups excluding carboxylic acids is 1. The summed E-state index contributed by atoms with van der Waals surface area (Å²) in [5, 5.41) is 18.4. The molecule has 1 unspecified atom stereocenters. The molecule has 39 heavy (non-hydrogen) atoms. The van der Waals surface area contributed by atoms with Crippen LogP contribution in [0.5, 0.6) is 5.75 Å². The van der Waals surface area contributed by atoms with Gasteiger partial charge < -0.3 is 19.3 Å². The van der Waals surface area contributed by atoms with Crippen LogP contribution in [-0.4, -0.2) is 43.0 Å². The van der Waals surface area contributed by atoms with Crippen LogP contribution in [0, 0.1) is 11.6 Å². The van der Waals surface area contributed by atoms with Crippen LogP contribution >= 0.6 is 0 Å². The highest BCUT2D eigenvalue weighted by Gasteiger charge is 2.32. The van der Waals surface area contributed by atoms with Crippen molar-refractivity contribution in [1.29, 1.82) is 0 Å². The molecule has 1 aliphatic heterocycles. The van der Waals surface area contributed by atoms with Crippen LogP contribution in [0.1, 0.15) is 22.9 Å². The summed E-state index contributed by atoms with van der Waals surface area (Å²) in [5.74, 6) is -1.01. The van der Waals surface area contributed by atoms with Crippen molar-refractivity contribution in [2.45, 2.75) is 19.2 Å². The molecule has 10 nitrogen and oxygen atoms in total. The Balaban J connectivity index is 1.40. The largest absolute Gasteiger partial charge is 0.508 e. The van der Waals surface area contributed by atoms with Crippen LogP contribution in [0.15, 0.2) is 71.6 Å². The van der Waals surface area contributed by atoms with Gasteiger partial charge in [-0.25, -0.2) is 18.7 Å². The molecule has 5 aromatic rings. The lowest BCUT2D eigenvalue weighted by Gasteiger charge is -2.36. The molecule has 1 atom stereocenters. The topological polar surface area (TPSA) is 119 Å². The number of aromatic nitrogens is 5. The van der Waals surface area contributed by atoms with Gasteiger partial charge in [0.1, 0.15) is 29.2 Å². The number of anilines is 1. The monoisotopic (exact) mass is 530 g/mol. The summed E-state index contributed by atoms with van der Waals surface area (Å²) in [6.07, 6.45) is 1.92. The molecule has 2 aromatic carbocycles. The zero-order valence-electron chi connectivity index (χ0n) is 20.2. The second-order valence-electron chi connectivity index (χ2n) is 8.82. The predicted octanol–water partition coefficient (Wildman–Crippen LogP) is 4.26. The van der Waals surface area contributed by atoms with E-state index in [0.29, 0.717) is 34.6 Å². The number of halogens is 2. The third kappa shape index (κ3) is 4.56. The maximum absolute atomic E-state index is 15.1. The Kier molecular flexibility index (Phi) is 6.19. The highest BCUT2D eigenvalue weighted by Crippen LogP contribution is 2.36. The molecule has 0 amide bonds. The number of benzene rings is 2. The summed E-state index contributed by atoms with van der Waals surface area (Å²) in [6.45, 7) is 0.635. The van der Waals surface area contributed by atoms with Crippen molar-refractivity contribution < 1.29 is 27.9 Å². The summed E-state index contributed by atoms with van der Waals surface area (Å²) >= 11 is 0. The lowest BCUT2D eigenvalue weighted by atomic mass is 9.97. The number of rotatable bonds is 7. The second kappa shape index (κ2) is 9.97. The number of fused-ring (bicyclic) bond motifs is 1. The van der Waals surface area contributed by atoms with Gasteiger partial charge in [0, 0.05) is 23.7 Å². The molecular weight excluding hydrogens is 510 g/mol. The third-order valence-corrected chi connectivity index (χ3v) is 6.47. The van der Waals surface area contributed by atoms with E-state index in [9.17, 15) is 14.3 Å². The van der Waals surface area contributed by atoms with Gasteiger partial charge in [-0.15, -0.1) is 0 Å². The first kappa shape index (κ1) is 24.2. The molecule has 0 fully saturated rings. The summed E-state index contributed by atoms with van der Waals surface area (Å²) in [4.78, 5) is 21.5. The summed E-state index contributed by atoms with van der Waals surface area (Å²) in [7, 11) is 0. The Bertz CT molecular complexity index is 1660. The summed E-state index contributed by atoms with van der Waals surface area (Å²) in [6, 6.07) is 14.3. The SMILES string of the molecule is O=COC1c2ccc(O)cc2CCN1c1nc(-c2cc(-c3ccon3)n(Cc3ccccc3F)n2)ncc1F. The Morgan fingerprint density at radius 1 is 1.10 bits per heavy atom. The number of nitrogens with zero attached hydrogens (tertiary/aromatic N) is 6. The Morgan fingerprint density at radius 3 is 2.77 bits per heavy atom. The minimum atomic E-state index is -0.964. The zero-order valence-corrected chi connectivity index (χ0v) is 20.2. The first-order valence-electron chi connectivity index (χ1n) is 11.9. The molecule has 6 rings (SSSR count). The summed E-state index contributed by atoms with van der Waals surface area (Å²) < 4.78 is 41.4. The second-order valence-corrected chi connectivity index (χ2v) is 8.82. The molecular formula is C27H20F2N6O4. The average molecular weight is 530 g/mol. The lowest BCUT2D eigenvalue weighted by Crippen LogP contribution is -2.38. The van der Waals surface area contributed by atoms with Crippen molar-refractivity contribution >= 4 is 12.3 Å². The molecule has 0 saturated carbocycles. The fraction of sp³-hybridized carbons (Fsp3) is 0.148. The average Bonchev–Trinajstić information content (AvgIpc) is 3.61. The maximum atomic E-state index is 15.1. The molecule has 1 N–H and O–H groups in total. The van der Waals surface area contributed by atoms with Crippen molar-refractivity contribution in [1.82, 2.24) is 24.9 Å². The van der Waals surface area contributed by atoms with E-state index in [1.165, 1.54) is 23.3 Å². The number of aromatic hydroxyl groups is 1. The van der Waals surface area contributed by atoms with Gasteiger partial charge in [0.05, 0.1) is 18.4 Å². The van der Waals surface area contributed by atoms with E-state index in [1.54, 1.807) is 47.1 Å². The molecule has 0 saturated heterocycles. The fourth-order valence-electron chi connectivity index (χ4n) is 4.66. The lowest BCUT2D eigenvalue weighted by molar-refractivity contribution is -0.134. The van der Waals surface area contributed by atoms with Crippen LogP contribution in [0.2, 0.25) is 0 Å². The smallest absolute Gasteiger partial charge is 0.295 e. The molecule has 0 bridgehead atoms. The fourth-order valence-corrected chi connectivity index (χ4v) is 4.66. The molecule has 12 heteroatoms. The van der Waals surface area contributed by atoms with Gasteiger partial charge in [-0.3, -0.25) is 9.48 Å². The van der Waals surface area contributed by atoms with E-state index in [2.05, 4.69) is 20.2 Å². The van der Waals surface area contributed by atoms with Crippen molar-refractivity contribution in [3.05, 3.63) is 95.4 Å². The molecule has 196 valence electrons. The zero-order chi connectivity index (χ0) is 26.9. The molecule has 3 aromatic heterocycles. The Morgan fingerprint density at radius 2 is 1.97 bits per heavy atom. The van der Waals surface area contributed by atoms with E-state index in [-0.39, 0.29) is 42.8 Å². The van der Waals surface area contributed by atoms with E-state index >= 15 is 4.39 Å². The van der Waals surface area contributed by atoms with Gasteiger partial charge in [0.2, 0.25) is 6.23 Å². The van der Waals surface area contributed by atoms with Crippen molar-refractivity contribution in [2.75, 3.05) is 11.4 Å². The van der Waals surface area contributed by atoms with Gasteiger partial charge in [0.25, 0.3) is 6.47 Å². The highest BCUT2D eigenvalue weighted by atomic mass is 19.1. The van der Waals surface area contributed by atoms with Crippen LogP contribution in [0.25, 0.3) is 22.9 Å². The number of ether oxygens (including phenoxy) is 1. The van der Waals surface area contributed by atoms with Gasteiger partial charge in [-0.05, 0) is 42.3 Å². The van der Waals surface area contributed by atoms with Crippen LogP contribution < -0.4 is 4.90 Å². The van der Waals surface area contributed by atoms with Crippen molar-refractivity contribution in [3.63, 3.8) is 0 Å². The number of hydrogen-bond donors (Lipinski definition) is 1. The molecule has 0 spiro atoms. The number of phenols is 1. The van der Waals surface area contributed by atoms with E-state index in [4.69, 9.17) is 9.26 Å². The van der Waals surface area contributed by atoms with Crippen molar-refractivity contribution in [2.24, 2.45) is 0 Å². The molecule has 0 aliphatic carbocycles. The standard InChI is InChI=1S/C27H20F2N6O4/c28-20-4-2-1-3-17(20)14-35-24(22-8-10-39-33-22)12-23(32-35)25-30-13-21(29)26(31-25)34-9-7-16-11-18(37)5-6-19(16)27(34)38-15-36/h1-6,8,10-13,15,27,37H,7,9,14H2. The van der Waals surface area contributed by atoms with Gasteiger partial charge >= 0.3 is 0 Å². The van der Waals surface area contributed by atoms with Gasteiger partial charge in [-0.2, -0.15) is 5.10 Å². The number of hydrogen-bond acceptors (Lipinski definition) is 9. The number of phenolic OH excluding ortho intramolecular Hbond substituents is 1. The highest BCUT2D eigenvalue weighted by molar-refractivity contribution is 5.64. The summed E-state index contributed by atoms with van der Waals surface area (Å²) in [5.41, 5.74) is 3.06. The molecule has 4 heterocycles. The maximum Gasteiger partial charge on any atom is 0.295 e.